The van der Waals surface area contributed by atoms with Crippen molar-refractivity contribution in [1.29, 1.82) is 0 Å². The lowest BCUT2D eigenvalue weighted by atomic mass is 10.1. The van der Waals surface area contributed by atoms with Crippen molar-refractivity contribution in [3.8, 4) is 0 Å². The standard InChI is InChI=1S/C6H10INO/c1-4-2-5(3-7)8-6(4)9/h4-5H,2-3H2,1H3,(H,8,9)/t4-,5+/m1/s1. The fraction of sp³-hybridized carbons (Fsp3) is 0.833. The van der Waals surface area contributed by atoms with E-state index in [9.17, 15) is 4.79 Å². The maximum absolute atomic E-state index is 10.8. The fourth-order valence-electron chi connectivity index (χ4n) is 1.04. The molecule has 1 heterocycles. The summed E-state index contributed by atoms with van der Waals surface area (Å²) in [7, 11) is 0. The summed E-state index contributed by atoms with van der Waals surface area (Å²) in [4.78, 5) is 10.8. The molecule has 0 aromatic heterocycles. The molecule has 0 bridgehead atoms. The molecule has 1 rings (SSSR count). The van der Waals surface area contributed by atoms with Crippen LogP contribution in [0, 0.1) is 5.92 Å². The van der Waals surface area contributed by atoms with Crippen molar-refractivity contribution >= 4 is 28.5 Å². The van der Waals surface area contributed by atoms with Crippen molar-refractivity contribution in [2.45, 2.75) is 19.4 Å². The minimum atomic E-state index is 0.219. The summed E-state index contributed by atoms with van der Waals surface area (Å²) in [6.45, 7) is 1.97. The van der Waals surface area contributed by atoms with Gasteiger partial charge in [0.1, 0.15) is 0 Å². The van der Waals surface area contributed by atoms with E-state index in [2.05, 4.69) is 27.9 Å². The van der Waals surface area contributed by atoms with Crippen molar-refractivity contribution < 1.29 is 4.79 Å². The van der Waals surface area contributed by atoms with Crippen LogP contribution in [-0.2, 0) is 4.79 Å². The Labute approximate surface area is 68.5 Å². The van der Waals surface area contributed by atoms with Crippen LogP contribution in [0.4, 0.5) is 0 Å². The summed E-state index contributed by atoms with van der Waals surface area (Å²) in [5.74, 6) is 0.460. The van der Waals surface area contributed by atoms with Gasteiger partial charge in [-0.05, 0) is 6.42 Å². The monoisotopic (exact) mass is 239 g/mol. The van der Waals surface area contributed by atoms with E-state index in [1.165, 1.54) is 0 Å². The van der Waals surface area contributed by atoms with Crippen LogP contribution in [0.2, 0.25) is 0 Å². The number of hydrogen-bond donors (Lipinski definition) is 1. The van der Waals surface area contributed by atoms with Crippen molar-refractivity contribution in [2.75, 3.05) is 4.43 Å². The zero-order valence-electron chi connectivity index (χ0n) is 5.36. The smallest absolute Gasteiger partial charge is 0.223 e. The fourth-order valence-corrected chi connectivity index (χ4v) is 1.62. The Balaban J connectivity index is 2.44. The number of nitrogens with one attached hydrogen (secondary N) is 1. The maximum atomic E-state index is 10.8. The number of halogens is 1. The molecule has 0 radical (unpaired) electrons. The Morgan fingerprint density at radius 1 is 1.89 bits per heavy atom. The van der Waals surface area contributed by atoms with Gasteiger partial charge < -0.3 is 5.32 Å². The molecule has 2 nitrogen and oxygen atoms in total. The van der Waals surface area contributed by atoms with E-state index in [1.807, 2.05) is 6.92 Å². The van der Waals surface area contributed by atoms with E-state index in [0.29, 0.717) is 6.04 Å². The van der Waals surface area contributed by atoms with Gasteiger partial charge in [-0.1, -0.05) is 29.5 Å². The van der Waals surface area contributed by atoms with Gasteiger partial charge in [0.25, 0.3) is 0 Å². The van der Waals surface area contributed by atoms with E-state index < -0.39 is 0 Å². The summed E-state index contributed by atoms with van der Waals surface area (Å²) < 4.78 is 1.04. The Kier molecular flexibility index (Phi) is 2.32. The molecular formula is C6H10INO. The molecule has 1 saturated heterocycles. The van der Waals surface area contributed by atoms with Gasteiger partial charge in [-0.15, -0.1) is 0 Å². The molecule has 1 fully saturated rings. The topological polar surface area (TPSA) is 29.1 Å². The Hall–Kier alpha value is 0.200. The molecule has 0 aromatic carbocycles. The highest BCUT2D eigenvalue weighted by Crippen LogP contribution is 2.15. The van der Waals surface area contributed by atoms with E-state index in [1.54, 1.807) is 0 Å². The predicted molar refractivity (Wildman–Crippen MR) is 44.6 cm³/mol. The van der Waals surface area contributed by atoms with Crippen molar-refractivity contribution in [2.24, 2.45) is 5.92 Å². The van der Waals surface area contributed by atoms with E-state index >= 15 is 0 Å². The first kappa shape index (κ1) is 7.31. The van der Waals surface area contributed by atoms with Gasteiger partial charge in [-0.3, -0.25) is 4.79 Å². The third-order valence-electron chi connectivity index (χ3n) is 1.62. The van der Waals surface area contributed by atoms with Gasteiger partial charge in [-0.25, -0.2) is 0 Å². The molecule has 0 saturated carbocycles. The zero-order chi connectivity index (χ0) is 6.85. The first-order chi connectivity index (χ1) is 4.24. The third-order valence-corrected chi connectivity index (χ3v) is 2.68. The lowest BCUT2D eigenvalue weighted by Crippen LogP contribution is -2.26. The summed E-state index contributed by atoms with van der Waals surface area (Å²) in [5.41, 5.74) is 0. The lowest BCUT2D eigenvalue weighted by molar-refractivity contribution is -0.122. The number of alkyl halides is 1. The van der Waals surface area contributed by atoms with Crippen LogP contribution in [0.15, 0.2) is 0 Å². The number of rotatable bonds is 1. The van der Waals surface area contributed by atoms with Crippen LogP contribution in [0.25, 0.3) is 0 Å². The second kappa shape index (κ2) is 2.86. The summed E-state index contributed by atoms with van der Waals surface area (Å²) in [6.07, 6.45) is 1.02. The van der Waals surface area contributed by atoms with Crippen molar-refractivity contribution in [3.05, 3.63) is 0 Å². The summed E-state index contributed by atoms with van der Waals surface area (Å²) >= 11 is 2.29. The van der Waals surface area contributed by atoms with Gasteiger partial charge in [-0.2, -0.15) is 0 Å². The van der Waals surface area contributed by atoms with Crippen LogP contribution in [0.5, 0.6) is 0 Å². The maximum Gasteiger partial charge on any atom is 0.223 e. The quantitative estimate of drug-likeness (QED) is 0.535. The normalized spacial score (nSPS) is 34.7. The van der Waals surface area contributed by atoms with Crippen LogP contribution in [0.3, 0.4) is 0 Å². The predicted octanol–water partition coefficient (Wildman–Crippen LogP) is 0.946. The highest BCUT2D eigenvalue weighted by molar-refractivity contribution is 14.1. The van der Waals surface area contributed by atoms with E-state index in [4.69, 9.17) is 0 Å². The molecule has 0 spiro atoms. The summed E-state index contributed by atoms with van der Waals surface area (Å²) in [5, 5.41) is 2.91. The number of carbonyl (C=O) groups is 1. The highest BCUT2D eigenvalue weighted by Gasteiger charge is 2.26. The van der Waals surface area contributed by atoms with Crippen LogP contribution >= 0.6 is 22.6 Å². The van der Waals surface area contributed by atoms with Crippen LogP contribution < -0.4 is 5.32 Å². The molecule has 1 N–H and O–H groups in total. The van der Waals surface area contributed by atoms with Crippen molar-refractivity contribution in [1.82, 2.24) is 5.32 Å². The molecule has 1 aliphatic rings. The molecule has 2 atom stereocenters. The molecule has 1 aliphatic heterocycles. The average Bonchev–Trinajstić information content (AvgIpc) is 2.13. The van der Waals surface area contributed by atoms with Gasteiger partial charge in [0.15, 0.2) is 0 Å². The first-order valence-electron chi connectivity index (χ1n) is 3.10. The molecule has 52 valence electrons. The van der Waals surface area contributed by atoms with Gasteiger partial charge in [0.05, 0.1) is 0 Å². The molecule has 0 unspecified atom stereocenters. The Bertz CT molecular complexity index is 126. The third kappa shape index (κ3) is 1.56. The number of amides is 1. The average molecular weight is 239 g/mol. The van der Waals surface area contributed by atoms with Gasteiger partial charge in [0.2, 0.25) is 5.91 Å². The number of hydrogen-bond acceptors (Lipinski definition) is 1. The van der Waals surface area contributed by atoms with E-state index in [-0.39, 0.29) is 11.8 Å². The van der Waals surface area contributed by atoms with Gasteiger partial charge in [0, 0.05) is 16.4 Å². The minimum Gasteiger partial charge on any atom is -0.352 e. The van der Waals surface area contributed by atoms with Gasteiger partial charge >= 0.3 is 0 Å². The van der Waals surface area contributed by atoms with Crippen LogP contribution in [0.1, 0.15) is 13.3 Å². The second-order valence-electron chi connectivity index (χ2n) is 2.50. The zero-order valence-corrected chi connectivity index (χ0v) is 7.51. The molecule has 1 amide bonds. The lowest BCUT2D eigenvalue weighted by Gasteiger charge is -2.01. The van der Waals surface area contributed by atoms with E-state index in [0.717, 1.165) is 10.8 Å². The highest BCUT2D eigenvalue weighted by atomic mass is 127. The molecule has 0 aromatic rings. The SMILES string of the molecule is C[C@@H]1C[C@@H](CI)NC1=O. The summed E-state index contributed by atoms with van der Waals surface area (Å²) in [6, 6.07) is 0.438. The van der Waals surface area contributed by atoms with Crippen LogP contribution in [-0.4, -0.2) is 16.4 Å². The Morgan fingerprint density at radius 2 is 2.56 bits per heavy atom. The molecule has 9 heavy (non-hydrogen) atoms. The minimum absolute atomic E-state index is 0.219. The van der Waals surface area contributed by atoms with Crippen molar-refractivity contribution in [3.63, 3.8) is 0 Å². The Morgan fingerprint density at radius 3 is 2.78 bits per heavy atom. The molecule has 0 aliphatic carbocycles. The first-order valence-corrected chi connectivity index (χ1v) is 4.63. The molecular weight excluding hydrogens is 229 g/mol. The number of carbonyl (C=O) groups excluding carboxylic acids is 1. The largest absolute Gasteiger partial charge is 0.352 e. The molecule has 3 heteroatoms. The second-order valence-corrected chi connectivity index (χ2v) is 3.38.